The van der Waals surface area contributed by atoms with E-state index in [9.17, 15) is 19.5 Å². The third-order valence-electron chi connectivity index (χ3n) is 4.14. The van der Waals surface area contributed by atoms with Gasteiger partial charge in [-0.15, -0.1) is 0 Å². The van der Waals surface area contributed by atoms with E-state index in [1.807, 2.05) is 0 Å². The van der Waals surface area contributed by atoms with E-state index in [4.69, 9.17) is 0 Å². The van der Waals surface area contributed by atoms with Gasteiger partial charge in [-0.2, -0.15) is 0 Å². The van der Waals surface area contributed by atoms with E-state index in [-0.39, 0.29) is 13.0 Å². The number of hydrogen-bond acceptors (Lipinski definition) is 4. The molecule has 1 saturated carbocycles. The van der Waals surface area contributed by atoms with E-state index in [0.717, 1.165) is 19.3 Å². The SMILES string of the molecule is CCC1CCC(NC(=O)NCCC(=O)OC)(C(=O)O)CC1. The molecule has 7 heteroatoms. The normalized spacial score (nSPS) is 25.0. The van der Waals surface area contributed by atoms with Crippen LogP contribution in [0, 0.1) is 5.92 Å². The fourth-order valence-electron chi connectivity index (χ4n) is 2.61. The molecule has 1 fully saturated rings. The third-order valence-corrected chi connectivity index (χ3v) is 4.14. The number of nitrogens with one attached hydrogen (secondary N) is 2. The maximum Gasteiger partial charge on any atom is 0.329 e. The van der Waals surface area contributed by atoms with Gasteiger partial charge in [0.05, 0.1) is 13.5 Å². The van der Waals surface area contributed by atoms with Gasteiger partial charge in [0.2, 0.25) is 0 Å². The van der Waals surface area contributed by atoms with Crippen molar-refractivity contribution in [3.8, 4) is 0 Å². The average molecular weight is 300 g/mol. The molecule has 0 radical (unpaired) electrons. The van der Waals surface area contributed by atoms with Crippen LogP contribution in [0.5, 0.6) is 0 Å². The van der Waals surface area contributed by atoms with Crippen molar-refractivity contribution in [2.45, 2.75) is 51.0 Å². The molecule has 3 N–H and O–H groups in total. The highest BCUT2D eigenvalue weighted by atomic mass is 16.5. The Bertz CT molecular complexity index is 389. The first-order chi connectivity index (χ1) is 9.93. The predicted molar refractivity (Wildman–Crippen MR) is 75.8 cm³/mol. The van der Waals surface area contributed by atoms with Gasteiger partial charge in [-0.1, -0.05) is 13.3 Å². The van der Waals surface area contributed by atoms with E-state index < -0.39 is 23.5 Å². The molecular formula is C14H24N2O5. The second-order valence-corrected chi connectivity index (χ2v) is 5.45. The van der Waals surface area contributed by atoms with Crippen molar-refractivity contribution in [1.82, 2.24) is 10.6 Å². The van der Waals surface area contributed by atoms with Crippen LogP contribution in [0.4, 0.5) is 4.79 Å². The number of carboxylic acids is 1. The number of carbonyl (C=O) groups excluding carboxylic acids is 2. The van der Waals surface area contributed by atoms with Crippen LogP contribution in [0.25, 0.3) is 0 Å². The molecule has 1 aliphatic carbocycles. The Morgan fingerprint density at radius 2 is 1.90 bits per heavy atom. The molecule has 0 saturated heterocycles. The zero-order chi connectivity index (χ0) is 15.9. The molecule has 0 aliphatic heterocycles. The van der Waals surface area contributed by atoms with E-state index in [2.05, 4.69) is 22.3 Å². The average Bonchev–Trinajstić information content (AvgIpc) is 2.47. The molecule has 0 aromatic rings. The summed E-state index contributed by atoms with van der Waals surface area (Å²) < 4.78 is 4.46. The first-order valence-corrected chi connectivity index (χ1v) is 7.29. The zero-order valence-corrected chi connectivity index (χ0v) is 12.6. The standard InChI is InChI=1S/C14H24N2O5/c1-3-10-4-7-14(8-5-10,12(18)19)16-13(20)15-9-6-11(17)21-2/h10H,3-9H2,1-2H3,(H,18,19)(H2,15,16,20). The summed E-state index contributed by atoms with van der Waals surface area (Å²) in [6.45, 7) is 2.21. The number of ether oxygens (including phenoxy) is 1. The van der Waals surface area contributed by atoms with Gasteiger partial charge >= 0.3 is 18.0 Å². The highest BCUT2D eigenvalue weighted by Crippen LogP contribution is 2.33. The van der Waals surface area contributed by atoms with Gasteiger partial charge in [0.1, 0.15) is 5.54 Å². The molecule has 0 atom stereocenters. The lowest BCUT2D eigenvalue weighted by molar-refractivity contribution is -0.146. The first-order valence-electron chi connectivity index (χ1n) is 7.29. The molecular weight excluding hydrogens is 276 g/mol. The van der Waals surface area contributed by atoms with Gasteiger partial charge in [0, 0.05) is 6.54 Å². The summed E-state index contributed by atoms with van der Waals surface area (Å²) >= 11 is 0. The number of carboxylic acid groups (broad SMARTS) is 1. The Kier molecular flexibility index (Phi) is 6.45. The number of methoxy groups -OCH3 is 1. The fourth-order valence-corrected chi connectivity index (χ4v) is 2.61. The van der Waals surface area contributed by atoms with Crippen LogP contribution in [0.1, 0.15) is 45.4 Å². The predicted octanol–water partition coefficient (Wildman–Crippen LogP) is 1.27. The van der Waals surface area contributed by atoms with Gasteiger partial charge < -0.3 is 20.5 Å². The van der Waals surface area contributed by atoms with Crippen LogP contribution in [0.2, 0.25) is 0 Å². The fraction of sp³-hybridized carbons (Fsp3) is 0.786. The first kappa shape index (κ1) is 17.3. The molecule has 1 rings (SSSR count). The van der Waals surface area contributed by atoms with Crippen molar-refractivity contribution in [3.63, 3.8) is 0 Å². The van der Waals surface area contributed by atoms with Crippen molar-refractivity contribution in [2.24, 2.45) is 5.92 Å². The summed E-state index contributed by atoms with van der Waals surface area (Å²) in [5.74, 6) is -0.895. The van der Waals surface area contributed by atoms with Crippen LogP contribution in [0.3, 0.4) is 0 Å². The van der Waals surface area contributed by atoms with Crippen molar-refractivity contribution in [1.29, 1.82) is 0 Å². The van der Waals surface area contributed by atoms with Crippen molar-refractivity contribution in [2.75, 3.05) is 13.7 Å². The zero-order valence-electron chi connectivity index (χ0n) is 12.6. The van der Waals surface area contributed by atoms with Gasteiger partial charge in [-0.25, -0.2) is 9.59 Å². The summed E-state index contributed by atoms with van der Waals surface area (Å²) in [5.41, 5.74) is -1.19. The molecule has 2 amide bonds. The summed E-state index contributed by atoms with van der Waals surface area (Å²) in [5, 5.41) is 14.5. The second kappa shape index (κ2) is 7.85. The topological polar surface area (TPSA) is 105 Å². The van der Waals surface area contributed by atoms with Crippen molar-refractivity contribution < 1.29 is 24.2 Å². The van der Waals surface area contributed by atoms with Crippen LogP contribution in [-0.4, -0.2) is 42.3 Å². The van der Waals surface area contributed by atoms with Gasteiger partial charge in [-0.05, 0) is 31.6 Å². The lowest BCUT2D eigenvalue weighted by atomic mass is 9.75. The Hall–Kier alpha value is -1.79. The quantitative estimate of drug-likeness (QED) is 0.641. The van der Waals surface area contributed by atoms with Crippen LogP contribution >= 0.6 is 0 Å². The molecule has 0 spiro atoms. The number of hydrogen-bond donors (Lipinski definition) is 3. The number of urea groups is 1. The number of aliphatic carboxylic acids is 1. The molecule has 0 unspecified atom stereocenters. The van der Waals surface area contributed by atoms with E-state index >= 15 is 0 Å². The molecule has 0 aromatic carbocycles. The molecule has 120 valence electrons. The van der Waals surface area contributed by atoms with Crippen LogP contribution in [0.15, 0.2) is 0 Å². The highest BCUT2D eigenvalue weighted by molar-refractivity contribution is 5.86. The second-order valence-electron chi connectivity index (χ2n) is 5.45. The number of carbonyl (C=O) groups is 3. The molecule has 0 aromatic heterocycles. The minimum Gasteiger partial charge on any atom is -0.480 e. The van der Waals surface area contributed by atoms with E-state index in [0.29, 0.717) is 18.8 Å². The minimum atomic E-state index is -1.19. The van der Waals surface area contributed by atoms with E-state index in [1.165, 1.54) is 7.11 Å². The maximum absolute atomic E-state index is 11.8. The Labute approximate surface area is 124 Å². The summed E-state index contributed by atoms with van der Waals surface area (Å²) in [6, 6.07) is -0.559. The molecule has 0 bridgehead atoms. The van der Waals surface area contributed by atoms with Crippen molar-refractivity contribution in [3.05, 3.63) is 0 Å². The lowest BCUT2D eigenvalue weighted by Gasteiger charge is -2.37. The van der Waals surface area contributed by atoms with Gasteiger partial charge in [0.25, 0.3) is 0 Å². The minimum absolute atomic E-state index is 0.0574. The smallest absolute Gasteiger partial charge is 0.329 e. The lowest BCUT2D eigenvalue weighted by Crippen LogP contribution is -2.58. The monoisotopic (exact) mass is 300 g/mol. The number of amides is 2. The molecule has 0 heterocycles. The van der Waals surface area contributed by atoms with Gasteiger partial charge in [0.15, 0.2) is 0 Å². The Balaban J connectivity index is 2.49. The molecule has 1 aliphatic rings. The summed E-state index contributed by atoms with van der Waals surface area (Å²) in [6.07, 6.45) is 3.55. The summed E-state index contributed by atoms with van der Waals surface area (Å²) in [7, 11) is 1.27. The number of esters is 1. The van der Waals surface area contributed by atoms with Crippen LogP contribution in [-0.2, 0) is 14.3 Å². The Morgan fingerprint density at radius 1 is 1.29 bits per heavy atom. The summed E-state index contributed by atoms with van der Waals surface area (Å²) in [4.78, 5) is 34.3. The van der Waals surface area contributed by atoms with Crippen molar-refractivity contribution >= 4 is 18.0 Å². The number of rotatable bonds is 6. The van der Waals surface area contributed by atoms with E-state index in [1.54, 1.807) is 0 Å². The van der Waals surface area contributed by atoms with Gasteiger partial charge in [-0.3, -0.25) is 4.79 Å². The molecule has 7 nitrogen and oxygen atoms in total. The largest absolute Gasteiger partial charge is 0.480 e. The maximum atomic E-state index is 11.8. The Morgan fingerprint density at radius 3 is 2.38 bits per heavy atom. The third kappa shape index (κ3) is 4.91. The molecule has 21 heavy (non-hydrogen) atoms. The van der Waals surface area contributed by atoms with Crippen LogP contribution < -0.4 is 10.6 Å². The highest BCUT2D eigenvalue weighted by Gasteiger charge is 2.42.